The maximum Gasteiger partial charge on any atom is 0.208 e. The van der Waals surface area contributed by atoms with Crippen LogP contribution >= 0.6 is 38.9 Å². The lowest BCUT2D eigenvalue weighted by Crippen LogP contribution is -2.37. The molecular formula is C23H15BrClNOS. The lowest BCUT2D eigenvalue weighted by Gasteiger charge is -2.40. The van der Waals surface area contributed by atoms with E-state index in [9.17, 15) is 0 Å². The summed E-state index contributed by atoms with van der Waals surface area (Å²) >= 11 is 11.7. The Bertz CT molecular complexity index is 1200. The summed E-state index contributed by atoms with van der Waals surface area (Å²) in [6, 6.07) is 23.6. The van der Waals surface area contributed by atoms with Crippen LogP contribution in [0.2, 0.25) is 5.02 Å². The Morgan fingerprint density at radius 3 is 2.82 bits per heavy atom. The van der Waals surface area contributed by atoms with E-state index in [0.717, 1.165) is 21.7 Å². The van der Waals surface area contributed by atoms with Crippen molar-refractivity contribution >= 4 is 54.6 Å². The number of thiophene rings is 1. The third-order valence-corrected chi connectivity index (χ3v) is 7.46. The predicted octanol–water partition coefficient (Wildman–Crippen LogP) is 7.51. The number of hydrogen-bond acceptors (Lipinski definition) is 3. The molecule has 0 N–H and O–H groups in total. The molecule has 2 atom stereocenters. The Balaban J connectivity index is 1.55. The van der Waals surface area contributed by atoms with Crippen LogP contribution in [0.5, 0.6) is 5.75 Å². The van der Waals surface area contributed by atoms with Crippen molar-refractivity contribution in [3.63, 3.8) is 0 Å². The second kappa shape index (κ2) is 6.24. The summed E-state index contributed by atoms with van der Waals surface area (Å²) in [5, 5.41) is 2.05. The van der Waals surface area contributed by atoms with Gasteiger partial charge in [0.15, 0.2) is 0 Å². The summed E-state index contributed by atoms with van der Waals surface area (Å²) < 4.78 is 8.92. The van der Waals surface area contributed by atoms with Crippen LogP contribution in [0.1, 0.15) is 28.3 Å². The fourth-order valence-electron chi connectivity index (χ4n) is 4.38. The van der Waals surface area contributed by atoms with Crippen molar-refractivity contribution in [2.75, 3.05) is 4.90 Å². The van der Waals surface area contributed by atoms with Crippen LogP contribution in [0.4, 0.5) is 5.69 Å². The van der Waals surface area contributed by atoms with Crippen LogP contribution in [0, 0.1) is 0 Å². The summed E-state index contributed by atoms with van der Waals surface area (Å²) in [5.41, 5.74) is 3.72. The van der Waals surface area contributed by atoms with E-state index in [0.29, 0.717) is 0 Å². The van der Waals surface area contributed by atoms with Gasteiger partial charge in [-0.3, -0.25) is 0 Å². The maximum absolute atomic E-state index is 6.60. The number of halogens is 2. The van der Waals surface area contributed by atoms with Gasteiger partial charge in [-0.05, 0) is 59.8 Å². The summed E-state index contributed by atoms with van der Waals surface area (Å²) in [4.78, 5) is 3.65. The average molecular weight is 469 g/mol. The van der Waals surface area contributed by atoms with Gasteiger partial charge in [0.25, 0.3) is 0 Å². The van der Waals surface area contributed by atoms with Gasteiger partial charge in [0.05, 0.1) is 10.9 Å². The number of ether oxygens (including phenoxy) is 1. The first-order valence-electron chi connectivity index (χ1n) is 9.19. The monoisotopic (exact) mass is 467 g/mol. The summed E-state index contributed by atoms with van der Waals surface area (Å²) in [5.74, 6) is 0.956. The van der Waals surface area contributed by atoms with Gasteiger partial charge in [-0.15, -0.1) is 11.3 Å². The van der Waals surface area contributed by atoms with E-state index in [2.05, 4.69) is 81.5 Å². The lowest BCUT2D eigenvalue weighted by atomic mass is 10.00. The minimum Gasteiger partial charge on any atom is -0.465 e. The highest BCUT2D eigenvalue weighted by Crippen LogP contribution is 2.53. The third-order valence-electron chi connectivity index (χ3n) is 5.58. The highest BCUT2D eigenvalue weighted by molar-refractivity contribution is 9.10. The van der Waals surface area contributed by atoms with Crippen molar-refractivity contribution in [3.05, 3.63) is 92.2 Å². The Labute approximate surface area is 180 Å². The van der Waals surface area contributed by atoms with E-state index in [1.165, 1.54) is 31.8 Å². The first-order chi connectivity index (χ1) is 13.7. The minimum atomic E-state index is -0.147. The Hall–Kier alpha value is -2.01. The highest BCUT2D eigenvalue weighted by Gasteiger charge is 2.42. The lowest BCUT2D eigenvalue weighted by molar-refractivity contribution is 0.170. The van der Waals surface area contributed by atoms with Crippen LogP contribution in [0.15, 0.2) is 71.2 Å². The molecule has 5 heteroatoms. The Morgan fingerprint density at radius 1 is 1.04 bits per heavy atom. The van der Waals surface area contributed by atoms with Crippen molar-refractivity contribution in [1.82, 2.24) is 0 Å². The standard InChI is InChI=1S/C23H15BrClNOS/c24-15-5-7-17-19-10-14-9-16(25)6-8-18(14)26(19)23(27-20(17)12-15)22-11-13-3-1-2-4-21(13)28-22/h1-9,11-12,19,23H,10H2. The van der Waals surface area contributed by atoms with Gasteiger partial charge in [0, 0.05) is 25.4 Å². The van der Waals surface area contributed by atoms with Gasteiger partial charge in [-0.25, -0.2) is 0 Å². The van der Waals surface area contributed by atoms with E-state index in [1.54, 1.807) is 11.3 Å². The van der Waals surface area contributed by atoms with Gasteiger partial charge in [0.1, 0.15) is 5.75 Å². The Kier molecular flexibility index (Phi) is 3.77. The van der Waals surface area contributed by atoms with E-state index in [4.69, 9.17) is 16.3 Å². The average Bonchev–Trinajstić information content (AvgIpc) is 3.28. The zero-order valence-electron chi connectivity index (χ0n) is 14.7. The van der Waals surface area contributed by atoms with Gasteiger partial charge in [-0.2, -0.15) is 0 Å². The predicted molar refractivity (Wildman–Crippen MR) is 120 cm³/mol. The van der Waals surface area contributed by atoms with Crippen molar-refractivity contribution in [3.8, 4) is 5.75 Å². The molecule has 0 radical (unpaired) electrons. The molecule has 6 rings (SSSR count). The number of anilines is 1. The first kappa shape index (κ1) is 16.9. The summed E-state index contributed by atoms with van der Waals surface area (Å²) in [6.07, 6.45) is 0.793. The Morgan fingerprint density at radius 2 is 1.93 bits per heavy atom. The number of benzene rings is 3. The van der Waals surface area contributed by atoms with Crippen LogP contribution in [0.25, 0.3) is 10.1 Å². The molecule has 2 aliphatic heterocycles. The molecule has 0 aliphatic carbocycles. The molecule has 0 saturated heterocycles. The fraction of sp³-hybridized carbons (Fsp3) is 0.130. The van der Waals surface area contributed by atoms with Crippen LogP contribution in [-0.2, 0) is 6.42 Å². The van der Waals surface area contributed by atoms with Crippen molar-refractivity contribution in [2.24, 2.45) is 0 Å². The highest BCUT2D eigenvalue weighted by atomic mass is 79.9. The van der Waals surface area contributed by atoms with E-state index in [-0.39, 0.29) is 12.3 Å². The molecule has 138 valence electrons. The van der Waals surface area contributed by atoms with Crippen molar-refractivity contribution in [2.45, 2.75) is 18.7 Å². The molecule has 0 spiro atoms. The number of hydrogen-bond donors (Lipinski definition) is 0. The summed E-state index contributed by atoms with van der Waals surface area (Å²) in [7, 11) is 0. The summed E-state index contributed by atoms with van der Waals surface area (Å²) in [6.45, 7) is 0. The number of fused-ring (bicyclic) bond motifs is 6. The van der Waals surface area contributed by atoms with E-state index in [1.807, 2.05) is 6.07 Å². The zero-order valence-corrected chi connectivity index (χ0v) is 17.9. The zero-order chi connectivity index (χ0) is 18.8. The number of nitrogens with zero attached hydrogens (tertiary/aromatic N) is 1. The van der Waals surface area contributed by atoms with Gasteiger partial charge >= 0.3 is 0 Å². The fourth-order valence-corrected chi connectivity index (χ4v) is 6.00. The van der Waals surface area contributed by atoms with Crippen LogP contribution in [-0.4, -0.2) is 0 Å². The van der Waals surface area contributed by atoms with Gasteiger partial charge < -0.3 is 9.64 Å². The second-order valence-electron chi connectivity index (χ2n) is 7.24. The second-order valence-corrected chi connectivity index (χ2v) is 9.71. The third kappa shape index (κ3) is 2.52. The molecule has 1 aromatic heterocycles. The molecule has 2 unspecified atom stereocenters. The van der Waals surface area contributed by atoms with Gasteiger partial charge in [0.2, 0.25) is 6.23 Å². The molecule has 28 heavy (non-hydrogen) atoms. The molecule has 3 aromatic carbocycles. The molecule has 2 nitrogen and oxygen atoms in total. The smallest absolute Gasteiger partial charge is 0.208 e. The van der Waals surface area contributed by atoms with Crippen LogP contribution < -0.4 is 9.64 Å². The maximum atomic E-state index is 6.60. The molecule has 3 heterocycles. The largest absolute Gasteiger partial charge is 0.465 e. The molecule has 4 aromatic rings. The SMILES string of the molecule is Clc1ccc2c(c1)CC1c3ccc(Br)cc3OC(c3cc4ccccc4s3)N21. The molecule has 2 aliphatic rings. The van der Waals surface area contributed by atoms with Gasteiger partial charge in [-0.1, -0.05) is 51.8 Å². The number of rotatable bonds is 1. The minimum absolute atomic E-state index is 0.147. The quantitative estimate of drug-likeness (QED) is 0.286. The van der Waals surface area contributed by atoms with E-state index < -0.39 is 0 Å². The van der Waals surface area contributed by atoms with E-state index >= 15 is 0 Å². The molecular weight excluding hydrogens is 454 g/mol. The normalized spacial score (nSPS) is 19.9. The first-order valence-corrected chi connectivity index (χ1v) is 11.2. The van der Waals surface area contributed by atoms with Crippen LogP contribution in [0.3, 0.4) is 0 Å². The van der Waals surface area contributed by atoms with Crippen molar-refractivity contribution < 1.29 is 4.74 Å². The molecule has 0 fully saturated rings. The molecule has 0 amide bonds. The topological polar surface area (TPSA) is 12.5 Å². The molecule has 0 bridgehead atoms. The molecule has 0 saturated carbocycles. The van der Waals surface area contributed by atoms with Crippen molar-refractivity contribution in [1.29, 1.82) is 0 Å².